The van der Waals surface area contributed by atoms with Crippen molar-refractivity contribution in [3.8, 4) is 5.75 Å². The zero-order chi connectivity index (χ0) is 16.4. The summed E-state index contributed by atoms with van der Waals surface area (Å²) in [6.07, 6.45) is 3.11. The number of hydrogen-bond acceptors (Lipinski definition) is 3. The Bertz CT molecular complexity index is 585. The number of anilines is 1. The number of urea groups is 1. The number of benzene rings is 1. The van der Waals surface area contributed by atoms with Crippen LogP contribution in [0.25, 0.3) is 0 Å². The summed E-state index contributed by atoms with van der Waals surface area (Å²) in [5, 5.41) is 6.48. The number of amides is 2. The van der Waals surface area contributed by atoms with E-state index in [0.29, 0.717) is 16.5 Å². The minimum Gasteiger partial charge on any atom is -0.489 e. The molecule has 126 valence electrons. The minimum atomic E-state index is -0.214. The van der Waals surface area contributed by atoms with Gasteiger partial charge in [0.25, 0.3) is 0 Å². The maximum atomic E-state index is 12.3. The van der Waals surface area contributed by atoms with E-state index in [4.69, 9.17) is 21.1 Å². The van der Waals surface area contributed by atoms with E-state index < -0.39 is 0 Å². The van der Waals surface area contributed by atoms with Crippen molar-refractivity contribution in [2.75, 3.05) is 18.5 Å². The summed E-state index contributed by atoms with van der Waals surface area (Å²) in [5.74, 6) is 0.621. The van der Waals surface area contributed by atoms with Gasteiger partial charge in [-0.05, 0) is 56.7 Å². The zero-order valence-corrected chi connectivity index (χ0v) is 14.3. The molecule has 1 saturated heterocycles. The van der Waals surface area contributed by atoms with E-state index in [9.17, 15) is 4.79 Å². The minimum absolute atomic E-state index is 0.0220. The van der Waals surface area contributed by atoms with Gasteiger partial charge in [0.15, 0.2) is 0 Å². The van der Waals surface area contributed by atoms with Crippen molar-refractivity contribution in [3.63, 3.8) is 0 Å². The molecule has 1 aliphatic carbocycles. The van der Waals surface area contributed by atoms with Crippen molar-refractivity contribution in [2.45, 2.75) is 45.3 Å². The average Bonchev–Trinajstić information content (AvgIpc) is 3.13. The van der Waals surface area contributed by atoms with Crippen LogP contribution in [0, 0.1) is 5.41 Å². The first-order valence-corrected chi connectivity index (χ1v) is 8.48. The zero-order valence-electron chi connectivity index (χ0n) is 13.5. The number of carbonyl (C=O) groups excluding carboxylic acids is 1. The van der Waals surface area contributed by atoms with Crippen LogP contribution in [0.5, 0.6) is 5.75 Å². The van der Waals surface area contributed by atoms with Crippen LogP contribution < -0.4 is 15.4 Å². The second-order valence-electron chi connectivity index (χ2n) is 6.64. The summed E-state index contributed by atoms with van der Waals surface area (Å²) in [6.45, 7) is 5.47. The standard InChI is InChI=1S/C17H23ClN2O3/c1-11(2)23-14-4-3-12(18)9-13(14)19-16(21)20-15-10-17(15)5-7-22-8-6-17/h3-4,9,11,15H,5-8,10H2,1-2H3,(H2,19,20,21). The van der Waals surface area contributed by atoms with E-state index in [-0.39, 0.29) is 23.6 Å². The van der Waals surface area contributed by atoms with Crippen molar-refractivity contribution in [2.24, 2.45) is 5.41 Å². The van der Waals surface area contributed by atoms with Crippen LogP contribution in [-0.2, 0) is 4.74 Å². The topological polar surface area (TPSA) is 59.6 Å². The maximum absolute atomic E-state index is 12.3. The van der Waals surface area contributed by atoms with Crippen LogP contribution in [-0.4, -0.2) is 31.4 Å². The van der Waals surface area contributed by atoms with Gasteiger partial charge in [0, 0.05) is 24.3 Å². The Morgan fingerprint density at radius 3 is 2.83 bits per heavy atom. The molecule has 5 nitrogen and oxygen atoms in total. The van der Waals surface area contributed by atoms with Gasteiger partial charge in [-0.1, -0.05) is 11.6 Å². The molecule has 1 aromatic carbocycles. The molecule has 6 heteroatoms. The molecule has 3 rings (SSSR count). The molecule has 23 heavy (non-hydrogen) atoms. The van der Waals surface area contributed by atoms with Crippen LogP contribution >= 0.6 is 11.6 Å². The highest BCUT2D eigenvalue weighted by atomic mass is 35.5. The van der Waals surface area contributed by atoms with Crippen LogP contribution in [0.1, 0.15) is 33.1 Å². The first-order chi connectivity index (χ1) is 11.0. The van der Waals surface area contributed by atoms with Gasteiger partial charge in [0.2, 0.25) is 0 Å². The molecule has 1 aliphatic heterocycles. The molecule has 2 aliphatic rings. The van der Waals surface area contributed by atoms with Crippen LogP contribution in [0.4, 0.5) is 10.5 Å². The third-order valence-corrected chi connectivity index (χ3v) is 4.77. The molecule has 1 heterocycles. The fourth-order valence-corrected chi connectivity index (χ4v) is 3.33. The summed E-state index contributed by atoms with van der Waals surface area (Å²) in [5.41, 5.74) is 0.839. The highest BCUT2D eigenvalue weighted by Crippen LogP contribution is 2.53. The van der Waals surface area contributed by atoms with Gasteiger partial charge in [-0.15, -0.1) is 0 Å². The Balaban J connectivity index is 1.61. The van der Waals surface area contributed by atoms with Crippen LogP contribution in [0.3, 0.4) is 0 Å². The Morgan fingerprint density at radius 2 is 2.13 bits per heavy atom. The first kappa shape index (κ1) is 16.4. The van der Waals surface area contributed by atoms with Gasteiger partial charge >= 0.3 is 6.03 Å². The normalized spacial score (nSPS) is 22.0. The molecular formula is C17H23ClN2O3. The SMILES string of the molecule is CC(C)Oc1ccc(Cl)cc1NC(=O)NC1CC12CCOCC2. The maximum Gasteiger partial charge on any atom is 0.319 e. The molecular weight excluding hydrogens is 316 g/mol. The van der Waals surface area contributed by atoms with Crippen LogP contribution in [0.15, 0.2) is 18.2 Å². The number of carbonyl (C=O) groups is 1. The van der Waals surface area contributed by atoms with Gasteiger partial charge in [-0.3, -0.25) is 0 Å². The summed E-state index contributed by atoms with van der Waals surface area (Å²) in [7, 11) is 0. The number of hydrogen-bond donors (Lipinski definition) is 2. The van der Waals surface area contributed by atoms with E-state index in [0.717, 1.165) is 32.5 Å². The predicted molar refractivity (Wildman–Crippen MR) is 90.3 cm³/mol. The Hall–Kier alpha value is -1.46. The second-order valence-corrected chi connectivity index (χ2v) is 7.07. The number of halogens is 1. The number of nitrogens with one attached hydrogen (secondary N) is 2. The van der Waals surface area contributed by atoms with E-state index in [1.54, 1.807) is 18.2 Å². The predicted octanol–water partition coefficient (Wildman–Crippen LogP) is 3.82. The lowest BCUT2D eigenvalue weighted by Crippen LogP contribution is -2.35. The van der Waals surface area contributed by atoms with E-state index >= 15 is 0 Å². The third-order valence-electron chi connectivity index (χ3n) is 4.54. The molecule has 0 radical (unpaired) electrons. The first-order valence-electron chi connectivity index (χ1n) is 8.10. The fourth-order valence-electron chi connectivity index (χ4n) is 3.16. The highest BCUT2D eigenvalue weighted by molar-refractivity contribution is 6.31. The molecule has 1 atom stereocenters. The van der Waals surface area contributed by atoms with Gasteiger partial charge < -0.3 is 20.1 Å². The summed E-state index contributed by atoms with van der Waals surface area (Å²) >= 11 is 6.03. The van der Waals surface area contributed by atoms with Gasteiger partial charge in [-0.25, -0.2) is 4.79 Å². The summed E-state index contributed by atoms with van der Waals surface area (Å²) in [6, 6.07) is 5.25. The van der Waals surface area contributed by atoms with E-state index in [1.165, 1.54) is 0 Å². The molecule has 1 unspecified atom stereocenters. The molecule has 1 spiro atoms. The molecule has 2 amide bonds. The average molecular weight is 339 g/mol. The van der Waals surface area contributed by atoms with Crippen molar-refractivity contribution in [3.05, 3.63) is 23.2 Å². The number of rotatable bonds is 4. The smallest absolute Gasteiger partial charge is 0.319 e. The van der Waals surface area contributed by atoms with Crippen molar-refractivity contribution >= 4 is 23.3 Å². The molecule has 1 saturated carbocycles. The van der Waals surface area contributed by atoms with Gasteiger partial charge in [-0.2, -0.15) is 0 Å². The summed E-state index contributed by atoms with van der Waals surface area (Å²) in [4.78, 5) is 12.3. The molecule has 0 bridgehead atoms. The second kappa shape index (κ2) is 6.57. The Kier molecular flexibility index (Phi) is 4.69. The molecule has 1 aromatic rings. The molecule has 2 fully saturated rings. The quantitative estimate of drug-likeness (QED) is 0.877. The number of ether oxygens (including phenoxy) is 2. The van der Waals surface area contributed by atoms with Gasteiger partial charge in [0.05, 0.1) is 11.8 Å². The summed E-state index contributed by atoms with van der Waals surface area (Å²) < 4.78 is 11.1. The lowest BCUT2D eigenvalue weighted by Gasteiger charge is -2.23. The third kappa shape index (κ3) is 3.90. The highest BCUT2D eigenvalue weighted by Gasteiger charge is 2.55. The molecule has 2 N–H and O–H groups in total. The van der Waals surface area contributed by atoms with Crippen molar-refractivity contribution < 1.29 is 14.3 Å². The Morgan fingerprint density at radius 1 is 1.39 bits per heavy atom. The van der Waals surface area contributed by atoms with E-state index in [1.807, 2.05) is 13.8 Å². The van der Waals surface area contributed by atoms with Gasteiger partial charge in [0.1, 0.15) is 5.75 Å². The van der Waals surface area contributed by atoms with Crippen LogP contribution in [0.2, 0.25) is 5.02 Å². The van der Waals surface area contributed by atoms with E-state index in [2.05, 4.69) is 10.6 Å². The fraction of sp³-hybridized carbons (Fsp3) is 0.588. The lowest BCUT2D eigenvalue weighted by molar-refractivity contribution is 0.0548. The monoisotopic (exact) mass is 338 g/mol. The largest absolute Gasteiger partial charge is 0.489 e. The van der Waals surface area contributed by atoms with Crippen molar-refractivity contribution in [1.82, 2.24) is 5.32 Å². The molecule has 0 aromatic heterocycles. The van der Waals surface area contributed by atoms with Crippen molar-refractivity contribution in [1.29, 1.82) is 0 Å². The Labute approximate surface area is 141 Å². The lowest BCUT2D eigenvalue weighted by atomic mass is 9.96.